The van der Waals surface area contributed by atoms with Crippen LogP contribution in [0.15, 0.2) is 12.2 Å². The summed E-state index contributed by atoms with van der Waals surface area (Å²) in [6, 6.07) is 0. The third-order valence-corrected chi connectivity index (χ3v) is 1.16. The summed E-state index contributed by atoms with van der Waals surface area (Å²) in [7, 11) is -11.8. The fourth-order valence-corrected chi connectivity index (χ4v) is 0.653. The summed E-state index contributed by atoms with van der Waals surface area (Å²) >= 11 is 0. The van der Waals surface area contributed by atoms with Crippen LogP contribution in [0.1, 0.15) is 6.92 Å². The van der Waals surface area contributed by atoms with Crippen molar-refractivity contribution in [2.45, 2.75) is 6.92 Å². The van der Waals surface area contributed by atoms with E-state index in [0.29, 0.717) is 0 Å². The fourth-order valence-electron chi connectivity index (χ4n) is 0.218. The van der Waals surface area contributed by atoms with E-state index in [9.17, 15) is 21.4 Å². The van der Waals surface area contributed by atoms with E-state index >= 15 is 0 Å². The van der Waals surface area contributed by atoms with Gasteiger partial charge in [-0.15, -0.1) is 0 Å². The first-order chi connectivity index (χ1) is 8.76. The van der Waals surface area contributed by atoms with Gasteiger partial charge in [-0.3, -0.25) is 17.5 Å². The Kier molecular flexibility index (Phi) is 34.8. The van der Waals surface area contributed by atoms with Crippen LogP contribution in [0.2, 0.25) is 0 Å². The van der Waals surface area contributed by atoms with Crippen LogP contribution in [-0.2, 0) is 10.1 Å². The van der Waals surface area contributed by atoms with Crippen molar-refractivity contribution in [3.63, 3.8) is 0 Å². The van der Waals surface area contributed by atoms with E-state index in [2.05, 4.69) is 0 Å². The normalized spacial score (nSPS) is 8.71. The number of hydrogen-bond acceptors (Lipinski definition) is 8. The van der Waals surface area contributed by atoms with Crippen LogP contribution < -0.4 is 0 Å². The third kappa shape index (κ3) is 260. The maximum atomic E-state index is 10.1. The average Bonchev–Trinajstić information content (AvgIpc) is 2.10. The van der Waals surface area contributed by atoms with Crippen LogP contribution in [0.3, 0.4) is 0 Å². The molecule has 0 saturated heterocycles. The van der Waals surface area contributed by atoms with Gasteiger partial charge in [-0.2, -0.15) is 8.42 Å². The maximum absolute atomic E-state index is 10.1. The molecule has 17 heteroatoms. The first kappa shape index (κ1) is 32.8. The molecule has 0 radical (unpaired) electrons. The molecule has 0 aliphatic carbocycles. The van der Waals surface area contributed by atoms with Gasteiger partial charge < -0.3 is 30.1 Å². The van der Waals surface area contributed by atoms with Gasteiger partial charge in [0.05, 0.1) is 5.75 Å². The van der Waals surface area contributed by atoms with Gasteiger partial charge in [-0.25, -0.2) is 0 Å². The molecule has 21 heavy (non-hydrogen) atoms. The molecule has 0 saturated carbocycles. The van der Waals surface area contributed by atoms with Gasteiger partial charge in [-0.05, 0) is 6.92 Å². The van der Waals surface area contributed by atoms with Crippen molar-refractivity contribution >= 4 is 51.2 Å². The number of allylic oxidation sites excluding steroid dienone is 1. The predicted octanol–water partition coefficient (Wildman–Crippen LogP) is -3.42. The van der Waals surface area contributed by atoms with Crippen LogP contribution in [0.25, 0.3) is 0 Å². The Labute approximate surface area is 132 Å². The van der Waals surface area contributed by atoms with Crippen LogP contribution in [0, 0.1) is 0 Å². The van der Waals surface area contributed by atoms with Crippen LogP contribution in [0.5, 0.6) is 0 Å². The molecule has 0 aromatic rings. The van der Waals surface area contributed by atoms with Crippen molar-refractivity contribution in [2.24, 2.45) is 0 Å². The molecular formula is C4H15B3F3LiO9S. The summed E-state index contributed by atoms with van der Waals surface area (Å²) < 4.78 is 58.2. The van der Waals surface area contributed by atoms with Gasteiger partial charge in [-0.1, -0.05) is 12.2 Å². The number of halogens is 3. The zero-order valence-corrected chi connectivity index (χ0v) is 10.9. The quantitative estimate of drug-likeness (QED) is 0.154. The standard InChI is InChI=1S/C4H8O3S.3BFH2O2.Li.H/c1-2-3-4-8(5,6)7;3*2-1(3)4;;/h2-3H,4H2,1H3,(H,5,6,7);3*3-4H;;/b3-2+;;;;;. The molecule has 0 aliphatic rings. The van der Waals surface area contributed by atoms with Gasteiger partial charge in [0.15, 0.2) is 0 Å². The molecule has 0 amide bonds. The monoisotopic (exact) mass is 336 g/mol. The Balaban J connectivity index is -0.0000000570. The zero-order valence-electron chi connectivity index (χ0n) is 10.1. The van der Waals surface area contributed by atoms with Gasteiger partial charge in [0.25, 0.3) is 10.1 Å². The summed E-state index contributed by atoms with van der Waals surface area (Å²) in [4.78, 5) is 0. The van der Waals surface area contributed by atoms with Crippen LogP contribution in [0.4, 0.5) is 12.9 Å². The topological polar surface area (TPSA) is 176 Å². The first-order valence-electron chi connectivity index (χ1n) is 4.33. The van der Waals surface area contributed by atoms with E-state index < -0.39 is 32.3 Å². The molecule has 0 heterocycles. The summed E-state index contributed by atoms with van der Waals surface area (Å²) in [5.41, 5.74) is 0. The predicted molar refractivity (Wildman–Crippen MR) is 72.3 cm³/mol. The Bertz CT molecular complexity index is 282. The number of hydrogen-bond donors (Lipinski definition) is 7. The SMILES string of the molecule is C/C=C/CS(=O)(=O)O.OB(O)F.OB(O)F.OB(O)F.[LiH]. The Hall–Kier alpha value is -0.00779. The van der Waals surface area contributed by atoms with Crippen LogP contribution >= 0.6 is 0 Å². The van der Waals surface area contributed by atoms with Gasteiger partial charge in [0.2, 0.25) is 0 Å². The molecule has 0 unspecified atom stereocenters. The van der Waals surface area contributed by atoms with E-state index in [-0.39, 0.29) is 24.6 Å². The molecule has 0 atom stereocenters. The number of rotatable bonds is 2. The van der Waals surface area contributed by atoms with Gasteiger partial charge in [0, 0.05) is 0 Å². The van der Waals surface area contributed by atoms with Gasteiger partial charge in [0.1, 0.15) is 0 Å². The molecular weight excluding hydrogens is 320 g/mol. The minimum atomic E-state index is -3.77. The first-order valence-corrected chi connectivity index (χ1v) is 5.94. The summed E-state index contributed by atoms with van der Waals surface area (Å²) in [6.07, 6.45) is 2.93. The van der Waals surface area contributed by atoms with Crippen molar-refractivity contribution in [2.75, 3.05) is 5.75 Å². The van der Waals surface area contributed by atoms with E-state index in [1.807, 2.05) is 0 Å². The molecule has 0 aliphatic heterocycles. The minimum absolute atomic E-state index is 0. The Morgan fingerprint density at radius 2 is 1.10 bits per heavy atom. The van der Waals surface area contributed by atoms with Crippen molar-refractivity contribution in [3.8, 4) is 0 Å². The zero-order chi connectivity index (χ0) is 17.4. The molecule has 0 spiro atoms. The van der Waals surface area contributed by atoms with Crippen molar-refractivity contribution < 1.29 is 56.1 Å². The second kappa shape index (κ2) is 22.3. The second-order valence-electron chi connectivity index (χ2n) is 2.25. The van der Waals surface area contributed by atoms with Crippen molar-refractivity contribution in [1.82, 2.24) is 0 Å². The Morgan fingerprint density at radius 3 is 1.14 bits per heavy atom. The third-order valence-electron chi connectivity index (χ3n) is 0.543. The molecule has 0 rings (SSSR count). The van der Waals surface area contributed by atoms with E-state index in [4.69, 9.17) is 34.7 Å². The molecule has 0 bridgehead atoms. The summed E-state index contributed by atoms with van der Waals surface area (Å²) in [5.74, 6) is -0.288. The van der Waals surface area contributed by atoms with E-state index in [0.717, 1.165) is 0 Å². The molecule has 7 N–H and O–H groups in total. The van der Waals surface area contributed by atoms with E-state index in [1.165, 1.54) is 6.08 Å². The van der Waals surface area contributed by atoms with Crippen LogP contribution in [-0.4, -0.2) is 89.9 Å². The van der Waals surface area contributed by atoms with Gasteiger partial charge >= 0.3 is 41.0 Å². The van der Waals surface area contributed by atoms with E-state index in [1.54, 1.807) is 13.0 Å². The molecule has 9 nitrogen and oxygen atoms in total. The second-order valence-corrected chi connectivity index (χ2v) is 3.75. The average molecular weight is 336 g/mol. The molecule has 122 valence electrons. The summed E-state index contributed by atoms with van der Waals surface area (Å²) in [6.45, 7) is 1.69. The fraction of sp³-hybridized carbons (Fsp3) is 0.500. The Morgan fingerprint density at radius 1 is 0.905 bits per heavy atom. The molecule has 0 fully saturated rings. The van der Waals surface area contributed by atoms with Crippen molar-refractivity contribution in [1.29, 1.82) is 0 Å². The molecule has 0 aromatic heterocycles. The summed E-state index contributed by atoms with van der Waals surface area (Å²) in [5, 5.41) is 41.7. The molecule has 0 aromatic carbocycles. The van der Waals surface area contributed by atoms with Crippen molar-refractivity contribution in [3.05, 3.63) is 12.2 Å².